The molecule has 5 nitrogen and oxygen atoms in total. The predicted octanol–water partition coefficient (Wildman–Crippen LogP) is 3.17. The molecule has 5 aliphatic rings. The Kier molecular flexibility index (Phi) is 2.14. The van der Waals surface area contributed by atoms with Crippen LogP contribution in [0.25, 0.3) is 5.69 Å². The summed E-state index contributed by atoms with van der Waals surface area (Å²) in [5, 5.41) is 21.7. The van der Waals surface area contributed by atoms with Crippen molar-refractivity contribution in [3.63, 3.8) is 0 Å². The molecule has 24 heavy (non-hydrogen) atoms. The molecule has 2 saturated carbocycles. The standard InChI is InChI=1S/C19H17NO4/c21-17-15-10-3-4-11(14-6-13(10)14)16(15)18(22)20(17)9-2-1-8-7-24-19(23)12(8)5-9/h1-2,5,10-11,13-14,21-22H,3-4,6-7H2/t10-,11+,13+,14-. The fraction of sp³-hybridized carbons (Fsp3) is 0.421. The van der Waals surface area contributed by atoms with Crippen LogP contribution < -0.4 is 0 Å². The maximum absolute atomic E-state index is 11.8. The molecule has 0 spiro atoms. The summed E-state index contributed by atoms with van der Waals surface area (Å²) in [6.45, 7) is 0.294. The lowest BCUT2D eigenvalue weighted by atomic mass is 9.68. The van der Waals surface area contributed by atoms with Crippen molar-refractivity contribution in [3.8, 4) is 17.4 Å². The average molecular weight is 323 g/mol. The Bertz CT molecular complexity index is 888. The van der Waals surface area contributed by atoms with Crippen LogP contribution in [0, 0.1) is 11.8 Å². The summed E-state index contributed by atoms with van der Waals surface area (Å²) in [6.07, 6.45) is 3.44. The maximum atomic E-state index is 11.8. The molecule has 5 heteroatoms. The second-order valence-electron chi connectivity index (χ2n) is 7.58. The molecule has 2 heterocycles. The Morgan fingerprint density at radius 2 is 1.71 bits per heavy atom. The van der Waals surface area contributed by atoms with E-state index in [1.165, 1.54) is 11.0 Å². The Labute approximate surface area is 138 Å². The Hall–Kier alpha value is -2.43. The summed E-state index contributed by atoms with van der Waals surface area (Å²) in [4.78, 5) is 11.8. The third kappa shape index (κ3) is 1.36. The summed E-state index contributed by atoms with van der Waals surface area (Å²) in [5.74, 6) is 2.08. The molecule has 4 atom stereocenters. The van der Waals surface area contributed by atoms with Crippen molar-refractivity contribution in [1.82, 2.24) is 4.57 Å². The average Bonchev–Trinajstić information content (AvgIpc) is 3.29. The zero-order valence-electron chi connectivity index (χ0n) is 13.0. The highest BCUT2D eigenvalue weighted by Crippen LogP contribution is 2.70. The highest BCUT2D eigenvalue weighted by atomic mass is 16.5. The minimum atomic E-state index is -0.343. The largest absolute Gasteiger partial charge is 0.494 e. The molecule has 0 radical (unpaired) electrons. The molecule has 0 saturated heterocycles. The van der Waals surface area contributed by atoms with Crippen LogP contribution in [0.4, 0.5) is 0 Å². The Morgan fingerprint density at radius 3 is 2.38 bits per heavy atom. The number of fused-ring (bicyclic) bond motifs is 2. The second kappa shape index (κ2) is 3.97. The number of carbonyl (C=O) groups excluding carboxylic acids is 1. The van der Waals surface area contributed by atoms with E-state index in [0.29, 0.717) is 41.5 Å². The van der Waals surface area contributed by atoms with Gasteiger partial charge in [0.15, 0.2) is 0 Å². The van der Waals surface area contributed by atoms with Crippen molar-refractivity contribution in [3.05, 3.63) is 40.5 Å². The lowest BCUT2D eigenvalue weighted by molar-refractivity contribution is 0.0535. The highest BCUT2D eigenvalue weighted by Gasteiger charge is 2.58. The van der Waals surface area contributed by atoms with Gasteiger partial charge in [0.2, 0.25) is 11.8 Å². The van der Waals surface area contributed by atoms with Gasteiger partial charge in [-0.2, -0.15) is 0 Å². The van der Waals surface area contributed by atoms with Gasteiger partial charge in [-0.15, -0.1) is 0 Å². The second-order valence-corrected chi connectivity index (χ2v) is 7.58. The van der Waals surface area contributed by atoms with Crippen molar-refractivity contribution in [2.45, 2.75) is 37.7 Å². The van der Waals surface area contributed by atoms with E-state index in [2.05, 4.69) is 0 Å². The van der Waals surface area contributed by atoms with Crippen molar-refractivity contribution in [1.29, 1.82) is 0 Å². The van der Waals surface area contributed by atoms with Gasteiger partial charge in [-0.3, -0.25) is 4.57 Å². The van der Waals surface area contributed by atoms with E-state index in [9.17, 15) is 15.0 Å². The van der Waals surface area contributed by atoms with Gasteiger partial charge in [-0.1, -0.05) is 6.07 Å². The molecule has 2 aromatic rings. The van der Waals surface area contributed by atoms with Crippen molar-refractivity contribution < 1.29 is 19.7 Å². The van der Waals surface area contributed by atoms with Gasteiger partial charge in [0.1, 0.15) is 6.61 Å². The zero-order valence-corrected chi connectivity index (χ0v) is 13.0. The van der Waals surface area contributed by atoms with E-state index < -0.39 is 0 Å². The van der Waals surface area contributed by atoms with Gasteiger partial charge in [0.25, 0.3) is 0 Å². The van der Waals surface area contributed by atoms with Crippen molar-refractivity contribution in [2.24, 2.45) is 11.8 Å². The first kappa shape index (κ1) is 12.9. The molecule has 0 unspecified atom stereocenters. The molecule has 7 rings (SSSR count). The molecule has 1 aromatic heterocycles. The van der Waals surface area contributed by atoms with Crippen LogP contribution in [0.1, 0.15) is 58.1 Å². The number of rotatable bonds is 1. The third-order valence-electron chi connectivity index (χ3n) is 6.58. The molecule has 1 aromatic carbocycles. The number of ether oxygens (including phenoxy) is 1. The van der Waals surface area contributed by atoms with Gasteiger partial charge in [0, 0.05) is 16.7 Å². The summed E-state index contributed by atoms with van der Waals surface area (Å²) in [5.41, 5.74) is 3.88. The topological polar surface area (TPSA) is 71.7 Å². The zero-order chi connectivity index (χ0) is 16.2. The van der Waals surface area contributed by atoms with E-state index in [1.807, 2.05) is 12.1 Å². The first-order valence-corrected chi connectivity index (χ1v) is 8.62. The lowest BCUT2D eigenvalue weighted by Crippen LogP contribution is -2.22. The van der Waals surface area contributed by atoms with Crippen LogP contribution in [0.15, 0.2) is 18.2 Å². The normalized spacial score (nSPS) is 31.4. The molecule has 2 bridgehead atoms. The summed E-state index contributed by atoms with van der Waals surface area (Å²) in [6, 6.07) is 5.37. The monoisotopic (exact) mass is 323 g/mol. The van der Waals surface area contributed by atoms with E-state index in [4.69, 9.17) is 4.74 Å². The van der Waals surface area contributed by atoms with Gasteiger partial charge >= 0.3 is 5.97 Å². The van der Waals surface area contributed by atoms with Crippen LogP contribution >= 0.6 is 0 Å². The maximum Gasteiger partial charge on any atom is 0.338 e. The molecule has 4 aliphatic carbocycles. The minimum Gasteiger partial charge on any atom is -0.494 e. The minimum absolute atomic E-state index is 0.147. The van der Waals surface area contributed by atoms with E-state index in [0.717, 1.165) is 29.5 Å². The molecular weight excluding hydrogens is 306 g/mol. The summed E-state index contributed by atoms with van der Waals surface area (Å²) >= 11 is 0. The van der Waals surface area contributed by atoms with Gasteiger partial charge in [-0.05, 0) is 55.1 Å². The van der Waals surface area contributed by atoms with Crippen LogP contribution in [0.3, 0.4) is 0 Å². The number of carbonyl (C=O) groups is 1. The Morgan fingerprint density at radius 1 is 1.04 bits per heavy atom. The number of nitrogens with zero attached hydrogens (tertiary/aromatic N) is 1. The van der Waals surface area contributed by atoms with Crippen LogP contribution in [0.2, 0.25) is 0 Å². The first-order chi connectivity index (χ1) is 11.6. The highest BCUT2D eigenvalue weighted by molar-refractivity contribution is 5.94. The molecule has 2 fully saturated rings. The van der Waals surface area contributed by atoms with Gasteiger partial charge in [-0.25, -0.2) is 4.79 Å². The fourth-order valence-electron chi connectivity index (χ4n) is 5.46. The number of aromatic nitrogens is 1. The molecule has 1 aliphatic heterocycles. The van der Waals surface area contributed by atoms with Gasteiger partial charge < -0.3 is 14.9 Å². The number of benzene rings is 1. The number of aromatic hydroxyl groups is 2. The van der Waals surface area contributed by atoms with E-state index >= 15 is 0 Å². The van der Waals surface area contributed by atoms with Gasteiger partial charge in [0.05, 0.1) is 11.3 Å². The predicted molar refractivity (Wildman–Crippen MR) is 84.5 cm³/mol. The number of hydrogen-bond donors (Lipinski definition) is 2. The van der Waals surface area contributed by atoms with Crippen molar-refractivity contribution >= 4 is 5.97 Å². The van der Waals surface area contributed by atoms with Crippen molar-refractivity contribution in [2.75, 3.05) is 0 Å². The van der Waals surface area contributed by atoms with E-state index in [-0.39, 0.29) is 17.7 Å². The smallest absolute Gasteiger partial charge is 0.338 e. The van der Waals surface area contributed by atoms with Crippen LogP contribution in [0.5, 0.6) is 11.8 Å². The molecule has 0 amide bonds. The summed E-state index contributed by atoms with van der Waals surface area (Å²) < 4.78 is 6.55. The number of cyclic esters (lactones) is 1. The third-order valence-corrected chi connectivity index (χ3v) is 6.58. The van der Waals surface area contributed by atoms with Crippen LogP contribution in [-0.2, 0) is 11.3 Å². The lowest BCUT2D eigenvalue weighted by Gasteiger charge is -2.35. The molecular formula is C19H17NO4. The van der Waals surface area contributed by atoms with E-state index in [1.54, 1.807) is 6.07 Å². The molecule has 2 N–H and O–H groups in total. The first-order valence-electron chi connectivity index (χ1n) is 8.62. The Balaban J connectivity index is 1.57. The quantitative estimate of drug-likeness (QED) is 0.791. The summed E-state index contributed by atoms with van der Waals surface area (Å²) in [7, 11) is 0. The SMILES string of the molecule is O=C1OCc2ccc(-n3c(O)c4c(c3O)[C@@H]3CC[C@H]4[C@H]4C[C@H]43)cc21. The molecule has 122 valence electrons. The van der Waals surface area contributed by atoms with Crippen LogP contribution in [-0.4, -0.2) is 20.7 Å². The number of esters is 1. The fourth-order valence-corrected chi connectivity index (χ4v) is 5.46. The number of hydrogen-bond acceptors (Lipinski definition) is 4.